The second-order valence-electron chi connectivity index (χ2n) is 5.66. The fraction of sp³-hybridized carbons (Fsp3) is 0.600. The van der Waals surface area contributed by atoms with Crippen molar-refractivity contribution in [2.45, 2.75) is 45.6 Å². The number of nitrogens with zero attached hydrogens (tertiary/aromatic N) is 2. The first kappa shape index (κ1) is 14.5. The molecule has 0 spiro atoms. The maximum absolute atomic E-state index is 13.0. The molecule has 2 aromatic rings. The van der Waals surface area contributed by atoms with Gasteiger partial charge >= 0.3 is 0 Å². The van der Waals surface area contributed by atoms with Crippen LogP contribution in [-0.2, 0) is 0 Å². The number of anilines is 1. The second-order valence-corrected chi connectivity index (χ2v) is 6.87. The van der Waals surface area contributed by atoms with Crippen molar-refractivity contribution in [3.63, 3.8) is 0 Å². The number of fused-ring (bicyclic) bond motifs is 1. The molecule has 2 aromatic heterocycles. The van der Waals surface area contributed by atoms with Crippen molar-refractivity contribution < 1.29 is 5.11 Å². The topological polar surface area (TPSA) is 67.2 Å². The van der Waals surface area contributed by atoms with E-state index in [1.807, 2.05) is 18.4 Å². The zero-order valence-electron chi connectivity index (χ0n) is 12.5. The number of hydrogen-bond donors (Lipinski definition) is 2. The molecule has 1 saturated carbocycles. The number of aliphatic hydroxyl groups excluding tert-OH is 1. The quantitative estimate of drug-likeness (QED) is 0.911. The van der Waals surface area contributed by atoms with Crippen molar-refractivity contribution >= 4 is 27.5 Å². The smallest absolute Gasteiger partial charge is 0.264 e. The van der Waals surface area contributed by atoms with Gasteiger partial charge in [-0.25, -0.2) is 4.98 Å². The molecule has 0 saturated heterocycles. The summed E-state index contributed by atoms with van der Waals surface area (Å²) < 4.78 is 1.82. The Morgan fingerprint density at radius 2 is 2.10 bits per heavy atom. The van der Waals surface area contributed by atoms with Gasteiger partial charge in [-0.2, -0.15) is 0 Å². The van der Waals surface area contributed by atoms with Crippen molar-refractivity contribution in [1.82, 2.24) is 9.55 Å². The molecular weight excluding hydrogens is 286 g/mol. The van der Waals surface area contributed by atoms with E-state index in [2.05, 4.69) is 10.3 Å². The third-order valence-electron chi connectivity index (χ3n) is 4.32. The van der Waals surface area contributed by atoms with E-state index in [4.69, 9.17) is 5.11 Å². The molecule has 0 radical (unpaired) electrons. The molecule has 0 amide bonds. The Morgan fingerprint density at radius 3 is 2.76 bits per heavy atom. The van der Waals surface area contributed by atoms with Crippen molar-refractivity contribution in [3.05, 3.63) is 20.8 Å². The van der Waals surface area contributed by atoms with Gasteiger partial charge in [0.25, 0.3) is 5.56 Å². The summed E-state index contributed by atoms with van der Waals surface area (Å²) >= 11 is 1.56. The van der Waals surface area contributed by atoms with Crippen LogP contribution in [0.4, 0.5) is 5.95 Å². The lowest BCUT2D eigenvalue weighted by Gasteiger charge is -2.18. The summed E-state index contributed by atoms with van der Waals surface area (Å²) in [5.41, 5.74) is 1.11. The Labute approximate surface area is 127 Å². The van der Waals surface area contributed by atoms with Gasteiger partial charge in [0.05, 0.1) is 12.0 Å². The van der Waals surface area contributed by atoms with E-state index in [-0.39, 0.29) is 18.2 Å². The first-order valence-corrected chi connectivity index (χ1v) is 8.32. The van der Waals surface area contributed by atoms with Gasteiger partial charge < -0.3 is 10.4 Å². The fourth-order valence-electron chi connectivity index (χ4n) is 3.10. The normalized spacial score (nSPS) is 16.0. The minimum atomic E-state index is 0.0288. The first-order chi connectivity index (χ1) is 10.1. The molecule has 1 aliphatic carbocycles. The Balaban J connectivity index is 2.21. The van der Waals surface area contributed by atoms with Crippen LogP contribution in [0.25, 0.3) is 10.2 Å². The lowest BCUT2D eigenvalue weighted by Crippen LogP contribution is -2.28. The van der Waals surface area contributed by atoms with Gasteiger partial charge in [-0.1, -0.05) is 12.8 Å². The first-order valence-electron chi connectivity index (χ1n) is 7.50. The maximum Gasteiger partial charge on any atom is 0.264 e. The largest absolute Gasteiger partial charge is 0.395 e. The van der Waals surface area contributed by atoms with Gasteiger partial charge in [-0.3, -0.25) is 9.36 Å². The Morgan fingerprint density at radius 1 is 1.38 bits per heavy atom. The molecule has 6 heteroatoms. The number of nitrogens with one attached hydrogen (secondary N) is 1. The van der Waals surface area contributed by atoms with Gasteiger partial charge in [-0.05, 0) is 32.3 Å². The van der Waals surface area contributed by atoms with Crippen LogP contribution >= 0.6 is 11.3 Å². The molecule has 1 fully saturated rings. The van der Waals surface area contributed by atoms with Crippen molar-refractivity contribution in [3.8, 4) is 0 Å². The number of rotatable bonds is 4. The molecule has 5 nitrogen and oxygen atoms in total. The summed E-state index contributed by atoms with van der Waals surface area (Å²) in [6, 6.07) is 0.232. The molecule has 1 aliphatic rings. The van der Waals surface area contributed by atoms with Crippen LogP contribution in [0.3, 0.4) is 0 Å². The highest BCUT2D eigenvalue weighted by molar-refractivity contribution is 7.18. The predicted octanol–water partition coefficient (Wildman–Crippen LogP) is 2.59. The van der Waals surface area contributed by atoms with E-state index in [9.17, 15) is 4.79 Å². The van der Waals surface area contributed by atoms with Gasteiger partial charge in [0, 0.05) is 17.5 Å². The van der Waals surface area contributed by atoms with E-state index >= 15 is 0 Å². The SMILES string of the molecule is Cc1sc2nc(NCCO)n(C3CCCC3)c(=O)c2c1C. The summed E-state index contributed by atoms with van der Waals surface area (Å²) in [5.74, 6) is 0.606. The number of aliphatic hydroxyl groups is 1. The average molecular weight is 307 g/mol. The minimum absolute atomic E-state index is 0.0288. The Hall–Kier alpha value is -1.40. The van der Waals surface area contributed by atoms with Crippen LogP contribution in [0.1, 0.15) is 42.2 Å². The molecule has 0 aromatic carbocycles. The van der Waals surface area contributed by atoms with Crippen LogP contribution in [0.15, 0.2) is 4.79 Å². The summed E-state index contributed by atoms with van der Waals surface area (Å²) in [7, 11) is 0. The van der Waals surface area contributed by atoms with Crippen LogP contribution in [0, 0.1) is 13.8 Å². The van der Waals surface area contributed by atoms with Crippen molar-refractivity contribution in [1.29, 1.82) is 0 Å². The zero-order chi connectivity index (χ0) is 15.0. The number of aromatic nitrogens is 2. The number of thiophene rings is 1. The monoisotopic (exact) mass is 307 g/mol. The van der Waals surface area contributed by atoms with Gasteiger partial charge in [0.1, 0.15) is 4.83 Å². The van der Waals surface area contributed by atoms with Crippen molar-refractivity contribution in [2.24, 2.45) is 0 Å². The lowest BCUT2D eigenvalue weighted by atomic mass is 10.2. The number of hydrogen-bond acceptors (Lipinski definition) is 5. The summed E-state index contributed by atoms with van der Waals surface area (Å²) in [6.45, 7) is 4.47. The average Bonchev–Trinajstić information content (AvgIpc) is 3.06. The van der Waals surface area contributed by atoms with Gasteiger partial charge in [-0.15, -0.1) is 11.3 Å². The molecule has 2 N–H and O–H groups in total. The molecule has 2 heterocycles. The Kier molecular flexibility index (Phi) is 3.99. The van der Waals surface area contributed by atoms with E-state index < -0.39 is 0 Å². The zero-order valence-corrected chi connectivity index (χ0v) is 13.3. The van der Waals surface area contributed by atoms with Crippen LogP contribution < -0.4 is 10.9 Å². The highest BCUT2D eigenvalue weighted by atomic mass is 32.1. The molecule has 114 valence electrons. The third kappa shape index (κ3) is 2.46. The summed E-state index contributed by atoms with van der Waals surface area (Å²) in [5, 5.41) is 12.9. The van der Waals surface area contributed by atoms with Crippen molar-refractivity contribution in [2.75, 3.05) is 18.5 Å². The standard InChI is InChI=1S/C15H21N3O2S/c1-9-10(2)21-13-12(9)14(20)18(11-5-3-4-6-11)15(17-13)16-7-8-19/h11,19H,3-8H2,1-2H3,(H,16,17). The molecular formula is C15H21N3O2S. The van der Waals surface area contributed by atoms with Crippen LogP contribution in [-0.4, -0.2) is 27.8 Å². The molecule has 3 rings (SSSR count). The van der Waals surface area contributed by atoms with Gasteiger partial charge in [0.2, 0.25) is 5.95 Å². The predicted molar refractivity (Wildman–Crippen MR) is 86.4 cm³/mol. The molecule has 21 heavy (non-hydrogen) atoms. The third-order valence-corrected chi connectivity index (χ3v) is 5.42. The minimum Gasteiger partial charge on any atom is -0.395 e. The van der Waals surface area contributed by atoms with Gasteiger partial charge in [0.15, 0.2) is 0 Å². The summed E-state index contributed by atoms with van der Waals surface area (Å²) in [6.07, 6.45) is 4.39. The van der Waals surface area contributed by atoms with E-state index in [1.165, 1.54) is 0 Å². The van der Waals surface area contributed by atoms with E-state index in [0.29, 0.717) is 12.5 Å². The van der Waals surface area contributed by atoms with E-state index in [0.717, 1.165) is 46.3 Å². The Bertz CT molecular complexity index is 714. The molecule has 0 bridgehead atoms. The lowest BCUT2D eigenvalue weighted by molar-refractivity contribution is 0.310. The van der Waals surface area contributed by atoms with Crippen LogP contribution in [0.5, 0.6) is 0 Å². The molecule has 0 unspecified atom stereocenters. The maximum atomic E-state index is 13.0. The number of aryl methyl sites for hydroxylation is 2. The second kappa shape index (κ2) is 5.77. The van der Waals surface area contributed by atoms with E-state index in [1.54, 1.807) is 11.3 Å². The highest BCUT2D eigenvalue weighted by Gasteiger charge is 2.24. The highest BCUT2D eigenvalue weighted by Crippen LogP contribution is 2.33. The molecule has 0 atom stereocenters. The fourth-order valence-corrected chi connectivity index (χ4v) is 4.12. The summed E-state index contributed by atoms with van der Waals surface area (Å²) in [4.78, 5) is 19.6. The van der Waals surface area contributed by atoms with Crippen LogP contribution in [0.2, 0.25) is 0 Å². The molecule has 0 aliphatic heterocycles.